The predicted octanol–water partition coefficient (Wildman–Crippen LogP) is 4.33. The van der Waals surface area contributed by atoms with Gasteiger partial charge < -0.3 is 10.4 Å². The van der Waals surface area contributed by atoms with Gasteiger partial charge in [-0.3, -0.25) is 4.90 Å². The molecular weight excluding hydrogens is 392 g/mol. The van der Waals surface area contributed by atoms with Gasteiger partial charge in [-0.05, 0) is 64.0 Å². The number of allylic oxidation sites excluding steroid dienone is 2. The highest BCUT2D eigenvalue weighted by Crippen LogP contribution is 2.39. The van der Waals surface area contributed by atoms with Crippen LogP contribution in [0.5, 0.6) is 0 Å². The molecule has 0 amide bonds. The topological polar surface area (TPSA) is 61.3 Å². The van der Waals surface area contributed by atoms with Gasteiger partial charge in [0.15, 0.2) is 0 Å². The van der Waals surface area contributed by atoms with Crippen LogP contribution in [0.4, 0.5) is 5.82 Å². The molecule has 5 rings (SSSR count). The van der Waals surface area contributed by atoms with E-state index < -0.39 is 0 Å². The summed E-state index contributed by atoms with van der Waals surface area (Å²) in [4.78, 5) is 14.4. The molecule has 3 aliphatic rings. The van der Waals surface area contributed by atoms with E-state index in [4.69, 9.17) is 0 Å². The molecule has 2 N–H and O–H groups in total. The highest BCUT2D eigenvalue weighted by molar-refractivity contribution is 7.19. The van der Waals surface area contributed by atoms with Crippen molar-refractivity contribution >= 4 is 27.4 Å². The molecule has 1 fully saturated rings. The van der Waals surface area contributed by atoms with Crippen LogP contribution >= 0.6 is 11.3 Å². The fraction of sp³-hybridized carbons (Fsp3) is 0.583. The summed E-state index contributed by atoms with van der Waals surface area (Å²) in [5.74, 6) is 1.35. The minimum Gasteiger partial charge on any atom is -0.396 e. The standard InChI is InChI=1S/C24H32N4OS/c1-28(13-16-4-2-5-17(12-16)14-29)19-10-8-18(9-11-19)27-23-22-20-6-3-7-21(20)30-24(22)26-15-25-23/h2,4-5,15,17-19,29H,3,6-14H2,1H3,(H,25,26,27). The van der Waals surface area contributed by atoms with Gasteiger partial charge in [-0.15, -0.1) is 11.3 Å². The molecule has 0 saturated heterocycles. The number of aryl methyl sites for hydroxylation is 2. The normalized spacial score (nSPS) is 26.2. The van der Waals surface area contributed by atoms with Crippen LogP contribution in [0.1, 0.15) is 49.0 Å². The summed E-state index contributed by atoms with van der Waals surface area (Å²) in [6.45, 7) is 1.26. The monoisotopic (exact) mass is 424 g/mol. The SMILES string of the molecule is CN(CC1=CC=CC(CO)C1)C1CCC(Nc2ncnc3sc4c(c23)CCC4)CC1. The van der Waals surface area contributed by atoms with Crippen molar-refractivity contribution in [2.24, 2.45) is 5.92 Å². The number of nitrogens with zero attached hydrogens (tertiary/aromatic N) is 3. The first-order valence-electron chi connectivity index (χ1n) is 11.4. The number of rotatable bonds is 6. The Labute approximate surface area is 182 Å². The highest BCUT2D eigenvalue weighted by Gasteiger charge is 2.27. The van der Waals surface area contributed by atoms with Crippen molar-refractivity contribution in [3.05, 3.63) is 40.6 Å². The zero-order valence-electron chi connectivity index (χ0n) is 17.8. The highest BCUT2D eigenvalue weighted by atomic mass is 32.1. The van der Waals surface area contributed by atoms with E-state index in [-0.39, 0.29) is 6.61 Å². The molecule has 3 aliphatic carbocycles. The third-order valence-electron chi connectivity index (χ3n) is 7.09. The number of likely N-dealkylation sites (N-methyl/N-ethyl adjacent to an activating group) is 1. The second-order valence-electron chi connectivity index (χ2n) is 9.18. The number of hydrogen-bond acceptors (Lipinski definition) is 6. The molecule has 1 atom stereocenters. The van der Waals surface area contributed by atoms with Crippen molar-refractivity contribution in [2.75, 3.05) is 25.5 Å². The van der Waals surface area contributed by atoms with Gasteiger partial charge in [0, 0.05) is 36.0 Å². The van der Waals surface area contributed by atoms with Crippen LogP contribution in [0.2, 0.25) is 0 Å². The Bertz CT molecular complexity index is 958. The lowest BCUT2D eigenvalue weighted by atomic mass is 9.89. The van der Waals surface area contributed by atoms with Crippen LogP contribution in [0, 0.1) is 5.92 Å². The second-order valence-corrected chi connectivity index (χ2v) is 10.3. The molecule has 2 heterocycles. The van der Waals surface area contributed by atoms with Crippen LogP contribution in [-0.2, 0) is 12.8 Å². The molecule has 1 saturated carbocycles. The van der Waals surface area contributed by atoms with E-state index >= 15 is 0 Å². The predicted molar refractivity (Wildman–Crippen MR) is 124 cm³/mol. The molecule has 0 radical (unpaired) electrons. The van der Waals surface area contributed by atoms with E-state index in [9.17, 15) is 5.11 Å². The molecule has 30 heavy (non-hydrogen) atoms. The van der Waals surface area contributed by atoms with Crippen molar-refractivity contribution in [1.82, 2.24) is 14.9 Å². The smallest absolute Gasteiger partial charge is 0.138 e. The van der Waals surface area contributed by atoms with Gasteiger partial charge in [0.1, 0.15) is 17.0 Å². The molecule has 1 unspecified atom stereocenters. The van der Waals surface area contributed by atoms with Gasteiger partial charge in [0.2, 0.25) is 0 Å². The van der Waals surface area contributed by atoms with Crippen molar-refractivity contribution in [2.45, 2.75) is 63.5 Å². The number of aliphatic hydroxyl groups excluding tert-OH is 1. The lowest BCUT2D eigenvalue weighted by Gasteiger charge is -2.36. The van der Waals surface area contributed by atoms with E-state index in [1.807, 2.05) is 11.3 Å². The number of hydrogen-bond donors (Lipinski definition) is 2. The Morgan fingerprint density at radius 2 is 2.07 bits per heavy atom. The Morgan fingerprint density at radius 3 is 2.90 bits per heavy atom. The summed E-state index contributed by atoms with van der Waals surface area (Å²) in [5.41, 5.74) is 2.94. The molecule has 2 aromatic rings. The van der Waals surface area contributed by atoms with Gasteiger partial charge in [-0.2, -0.15) is 0 Å². The van der Waals surface area contributed by atoms with Crippen molar-refractivity contribution in [3.63, 3.8) is 0 Å². The van der Waals surface area contributed by atoms with Gasteiger partial charge in [-0.25, -0.2) is 9.97 Å². The Kier molecular flexibility index (Phi) is 5.89. The first-order chi connectivity index (χ1) is 14.7. The molecule has 160 valence electrons. The molecule has 0 bridgehead atoms. The molecular formula is C24H32N4OS. The summed E-state index contributed by atoms with van der Waals surface area (Å²) >= 11 is 1.86. The van der Waals surface area contributed by atoms with Gasteiger partial charge in [-0.1, -0.05) is 23.8 Å². The van der Waals surface area contributed by atoms with Crippen LogP contribution < -0.4 is 5.32 Å². The Morgan fingerprint density at radius 1 is 1.20 bits per heavy atom. The van der Waals surface area contributed by atoms with E-state index in [0.717, 1.165) is 23.6 Å². The first-order valence-corrected chi connectivity index (χ1v) is 12.2. The van der Waals surface area contributed by atoms with Crippen molar-refractivity contribution in [3.8, 4) is 0 Å². The number of aromatic nitrogens is 2. The lowest BCUT2D eigenvalue weighted by molar-refractivity contribution is 0.194. The summed E-state index contributed by atoms with van der Waals surface area (Å²) in [6, 6.07) is 1.14. The maximum Gasteiger partial charge on any atom is 0.138 e. The van der Waals surface area contributed by atoms with Crippen LogP contribution in [0.25, 0.3) is 10.2 Å². The van der Waals surface area contributed by atoms with E-state index in [0.29, 0.717) is 18.0 Å². The van der Waals surface area contributed by atoms with E-state index in [1.165, 1.54) is 66.3 Å². The average Bonchev–Trinajstić information content (AvgIpc) is 3.36. The van der Waals surface area contributed by atoms with Gasteiger partial charge in [0.05, 0.1) is 5.39 Å². The summed E-state index contributed by atoms with van der Waals surface area (Å²) in [6.07, 6.45) is 17.6. The summed E-state index contributed by atoms with van der Waals surface area (Å²) < 4.78 is 0. The quantitative estimate of drug-likeness (QED) is 0.723. The molecule has 6 heteroatoms. The fourth-order valence-corrected chi connectivity index (χ4v) is 6.63. The average molecular weight is 425 g/mol. The second kappa shape index (κ2) is 8.77. The molecule has 0 spiro atoms. The van der Waals surface area contributed by atoms with Crippen LogP contribution in [0.3, 0.4) is 0 Å². The molecule has 0 aromatic carbocycles. The van der Waals surface area contributed by atoms with Gasteiger partial charge in [0.25, 0.3) is 0 Å². The van der Waals surface area contributed by atoms with E-state index in [1.54, 1.807) is 6.33 Å². The zero-order valence-corrected chi connectivity index (χ0v) is 18.6. The fourth-order valence-electron chi connectivity index (χ4n) is 5.41. The number of nitrogens with one attached hydrogen (secondary N) is 1. The minimum absolute atomic E-state index is 0.248. The number of fused-ring (bicyclic) bond motifs is 3. The lowest BCUT2D eigenvalue weighted by Crippen LogP contribution is -2.39. The van der Waals surface area contributed by atoms with Gasteiger partial charge >= 0.3 is 0 Å². The summed E-state index contributed by atoms with van der Waals surface area (Å²) in [7, 11) is 2.26. The summed E-state index contributed by atoms with van der Waals surface area (Å²) in [5, 5.41) is 14.5. The zero-order chi connectivity index (χ0) is 20.5. The third-order valence-corrected chi connectivity index (χ3v) is 8.29. The minimum atomic E-state index is 0.248. The third kappa shape index (κ3) is 4.05. The van der Waals surface area contributed by atoms with Crippen molar-refractivity contribution in [1.29, 1.82) is 0 Å². The molecule has 2 aromatic heterocycles. The first kappa shape index (κ1) is 20.2. The Hall–Kier alpha value is -1.76. The van der Waals surface area contributed by atoms with Crippen LogP contribution in [0.15, 0.2) is 30.1 Å². The Balaban J connectivity index is 1.18. The molecule has 5 nitrogen and oxygen atoms in total. The maximum absolute atomic E-state index is 9.44. The largest absolute Gasteiger partial charge is 0.396 e. The van der Waals surface area contributed by atoms with E-state index in [2.05, 4.69) is 45.5 Å². The number of thiophene rings is 1. The van der Waals surface area contributed by atoms with Crippen LogP contribution in [-0.4, -0.2) is 52.3 Å². The number of aliphatic hydroxyl groups is 1. The molecule has 0 aliphatic heterocycles. The van der Waals surface area contributed by atoms with Crippen molar-refractivity contribution < 1.29 is 5.11 Å². The maximum atomic E-state index is 9.44. The number of anilines is 1.